The monoisotopic (exact) mass is 431 g/mol. The van der Waals surface area contributed by atoms with E-state index in [0.717, 1.165) is 55.1 Å². The summed E-state index contributed by atoms with van der Waals surface area (Å²) in [6.45, 7) is 6.73. The fourth-order valence-electron chi connectivity index (χ4n) is 3.86. The minimum Gasteiger partial charge on any atom is -0.481 e. The van der Waals surface area contributed by atoms with Crippen molar-refractivity contribution in [3.63, 3.8) is 0 Å². The summed E-state index contributed by atoms with van der Waals surface area (Å²) in [7, 11) is 1.60. The number of pyridine rings is 2. The van der Waals surface area contributed by atoms with Gasteiger partial charge in [0.05, 0.1) is 13.4 Å². The van der Waals surface area contributed by atoms with E-state index in [1.807, 2.05) is 25.3 Å². The normalized spacial score (nSPS) is 14.6. The van der Waals surface area contributed by atoms with E-state index in [2.05, 4.69) is 41.5 Å². The second-order valence-electron chi connectivity index (χ2n) is 7.68. The molecular weight excluding hydrogens is 406 g/mol. The molecule has 164 valence electrons. The number of hydrogen-bond donors (Lipinski definition) is 3. The van der Waals surface area contributed by atoms with Crippen molar-refractivity contribution >= 4 is 22.8 Å². The molecule has 0 saturated carbocycles. The predicted octanol–water partition coefficient (Wildman–Crippen LogP) is 2.28. The van der Waals surface area contributed by atoms with E-state index < -0.39 is 0 Å². The molecule has 0 aliphatic carbocycles. The van der Waals surface area contributed by atoms with Crippen LogP contribution in [0.2, 0.25) is 0 Å². The molecule has 32 heavy (non-hydrogen) atoms. The van der Waals surface area contributed by atoms with Crippen molar-refractivity contribution in [2.45, 2.75) is 13.5 Å². The van der Waals surface area contributed by atoms with Crippen LogP contribution in [0.25, 0.3) is 22.4 Å². The van der Waals surface area contributed by atoms with Gasteiger partial charge in [-0.3, -0.25) is 4.90 Å². The van der Waals surface area contributed by atoms with Gasteiger partial charge in [-0.05, 0) is 24.6 Å². The molecule has 0 bridgehead atoms. The lowest BCUT2D eigenvalue weighted by Gasteiger charge is -2.27. The Morgan fingerprint density at radius 2 is 2.00 bits per heavy atom. The van der Waals surface area contributed by atoms with Crippen LogP contribution in [0.5, 0.6) is 5.88 Å². The highest BCUT2D eigenvalue weighted by atomic mass is 16.5. The second-order valence-corrected chi connectivity index (χ2v) is 7.68. The van der Waals surface area contributed by atoms with Gasteiger partial charge in [-0.2, -0.15) is 4.98 Å². The molecule has 5 rings (SSSR count). The van der Waals surface area contributed by atoms with E-state index >= 15 is 0 Å². The van der Waals surface area contributed by atoms with Crippen LogP contribution < -0.4 is 15.4 Å². The van der Waals surface area contributed by atoms with Crippen LogP contribution >= 0.6 is 0 Å². The minimum atomic E-state index is 0.528. The number of ether oxygens (including phenoxy) is 1. The number of aromatic amines is 1. The lowest BCUT2D eigenvalue weighted by atomic mass is 10.1. The highest BCUT2D eigenvalue weighted by molar-refractivity contribution is 5.91. The number of H-pyrrole nitrogens is 1. The Morgan fingerprint density at radius 3 is 2.84 bits per heavy atom. The van der Waals surface area contributed by atoms with Crippen molar-refractivity contribution in [2.75, 3.05) is 38.6 Å². The van der Waals surface area contributed by atoms with Crippen LogP contribution in [0.4, 0.5) is 11.6 Å². The van der Waals surface area contributed by atoms with E-state index in [0.29, 0.717) is 29.0 Å². The van der Waals surface area contributed by atoms with Gasteiger partial charge in [-0.25, -0.2) is 19.9 Å². The van der Waals surface area contributed by atoms with Gasteiger partial charge in [-0.1, -0.05) is 6.07 Å². The summed E-state index contributed by atoms with van der Waals surface area (Å²) < 4.78 is 5.26. The Bertz CT molecular complexity index is 1230. The van der Waals surface area contributed by atoms with Crippen LogP contribution in [0.1, 0.15) is 11.4 Å². The zero-order valence-corrected chi connectivity index (χ0v) is 18.1. The van der Waals surface area contributed by atoms with Gasteiger partial charge in [0, 0.05) is 50.6 Å². The summed E-state index contributed by atoms with van der Waals surface area (Å²) in [5.41, 5.74) is 4.14. The van der Waals surface area contributed by atoms with Crippen molar-refractivity contribution in [3.05, 3.63) is 48.2 Å². The lowest BCUT2D eigenvalue weighted by molar-refractivity contribution is 0.233. The molecule has 1 aliphatic heterocycles. The Balaban J connectivity index is 1.58. The molecular formula is C22H25N9O. The molecule has 4 aromatic heterocycles. The average Bonchev–Trinajstić information content (AvgIpc) is 3.29. The number of nitrogens with zero attached hydrogens (tertiary/aromatic N) is 6. The number of piperazine rings is 1. The summed E-state index contributed by atoms with van der Waals surface area (Å²) in [5, 5.41) is 6.73. The van der Waals surface area contributed by atoms with Gasteiger partial charge < -0.3 is 20.4 Å². The number of nitrogens with one attached hydrogen (secondary N) is 3. The van der Waals surface area contributed by atoms with Crippen LogP contribution in [-0.2, 0) is 6.54 Å². The SMILES string of the molecule is COc1cccc(Nc2ncc(CN3CCNCC3)cc2-c2nc(C)nc3nc[nH]c23)n1. The molecule has 0 radical (unpaired) electrons. The Kier molecular flexibility index (Phi) is 5.61. The molecule has 10 heteroatoms. The quantitative estimate of drug-likeness (QED) is 0.423. The van der Waals surface area contributed by atoms with Crippen molar-refractivity contribution in [1.29, 1.82) is 0 Å². The highest BCUT2D eigenvalue weighted by Crippen LogP contribution is 2.32. The molecule has 0 spiro atoms. The molecule has 0 atom stereocenters. The molecule has 1 saturated heterocycles. The number of anilines is 2. The summed E-state index contributed by atoms with van der Waals surface area (Å²) in [5.74, 6) is 2.47. The lowest BCUT2D eigenvalue weighted by Crippen LogP contribution is -2.42. The third kappa shape index (κ3) is 4.23. The maximum atomic E-state index is 5.26. The number of imidazole rings is 1. The highest BCUT2D eigenvalue weighted by Gasteiger charge is 2.18. The van der Waals surface area contributed by atoms with Gasteiger partial charge in [0.15, 0.2) is 5.65 Å². The first-order valence-electron chi connectivity index (χ1n) is 10.6. The Hall–Kier alpha value is -3.63. The first-order valence-corrected chi connectivity index (χ1v) is 10.6. The van der Waals surface area contributed by atoms with Crippen LogP contribution in [0, 0.1) is 6.92 Å². The van der Waals surface area contributed by atoms with Gasteiger partial charge in [-0.15, -0.1) is 0 Å². The fraction of sp³-hybridized carbons (Fsp3) is 0.318. The topological polar surface area (TPSA) is 117 Å². The second kappa shape index (κ2) is 8.85. The third-order valence-electron chi connectivity index (χ3n) is 5.39. The van der Waals surface area contributed by atoms with Crippen molar-refractivity contribution in [1.82, 2.24) is 40.1 Å². The Morgan fingerprint density at radius 1 is 1.12 bits per heavy atom. The minimum absolute atomic E-state index is 0.528. The van der Waals surface area contributed by atoms with Gasteiger partial charge >= 0.3 is 0 Å². The molecule has 3 N–H and O–H groups in total. The molecule has 1 aliphatic rings. The molecule has 1 fully saturated rings. The van der Waals surface area contributed by atoms with Gasteiger partial charge in [0.25, 0.3) is 0 Å². The summed E-state index contributed by atoms with van der Waals surface area (Å²) >= 11 is 0. The predicted molar refractivity (Wildman–Crippen MR) is 122 cm³/mol. The third-order valence-corrected chi connectivity index (χ3v) is 5.39. The number of aryl methyl sites for hydroxylation is 1. The molecule has 10 nitrogen and oxygen atoms in total. The average molecular weight is 432 g/mol. The molecule has 4 aromatic rings. The molecule has 0 amide bonds. The van der Waals surface area contributed by atoms with Crippen LogP contribution in [0.15, 0.2) is 36.8 Å². The van der Waals surface area contributed by atoms with E-state index in [1.165, 1.54) is 0 Å². The van der Waals surface area contributed by atoms with E-state index in [-0.39, 0.29) is 0 Å². The summed E-state index contributed by atoms with van der Waals surface area (Å²) in [4.78, 5) is 28.3. The number of fused-ring (bicyclic) bond motifs is 1. The van der Waals surface area contributed by atoms with E-state index in [9.17, 15) is 0 Å². The molecule has 5 heterocycles. The van der Waals surface area contributed by atoms with E-state index in [1.54, 1.807) is 19.5 Å². The zero-order valence-electron chi connectivity index (χ0n) is 18.1. The largest absolute Gasteiger partial charge is 0.481 e. The first kappa shape index (κ1) is 20.3. The maximum absolute atomic E-state index is 5.26. The Labute approximate surface area is 185 Å². The van der Waals surface area contributed by atoms with Crippen molar-refractivity contribution in [3.8, 4) is 17.1 Å². The van der Waals surface area contributed by atoms with E-state index in [4.69, 9.17) is 14.7 Å². The van der Waals surface area contributed by atoms with Crippen molar-refractivity contribution in [2.24, 2.45) is 0 Å². The summed E-state index contributed by atoms with van der Waals surface area (Å²) in [6, 6.07) is 7.70. The first-order chi connectivity index (χ1) is 15.7. The molecule has 0 aromatic carbocycles. The number of aromatic nitrogens is 6. The molecule has 0 unspecified atom stereocenters. The van der Waals surface area contributed by atoms with Gasteiger partial charge in [0.2, 0.25) is 5.88 Å². The standard InChI is InChI=1S/C22H25N9O/c1-14-27-19(20-22(28-14)26-13-25-20)16-10-15(12-31-8-6-23-7-9-31)11-24-21(16)30-17-4-3-5-18(29-17)32-2/h3-5,10-11,13,23H,6-9,12H2,1-2H3,(H,24,29,30)(H,25,26,27,28). The van der Waals surface area contributed by atoms with Crippen molar-refractivity contribution < 1.29 is 4.74 Å². The maximum Gasteiger partial charge on any atom is 0.214 e. The number of rotatable bonds is 6. The fourth-order valence-corrected chi connectivity index (χ4v) is 3.86. The van der Waals surface area contributed by atoms with Crippen LogP contribution in [-0.4, -0.2) is 68.1 Å². The smallest absolute Gasteiger partial charge is 0.214 e. The van der Waals surface area contributed by atoms with Gasteiger partial charge in [0.1, 0.15) is 28.7 Å². The number of hydrogen-bond acceptors (Lipinski definition) is 9. The number of methoxy groups -OCH3 is 1. The summed E-state index contributed by atoms with van der Waals surface area (Å²) in [6.07, 6.45) is 3.54. The zero-order chi connectivity index (χ0) is 21.9. The van der Waals surface area contributed by atoms with Crippen LogP contribution in [0.3, 0.4) is 0 Å².